The lowest BCUT2D eigenvalue weighted by Gasteiger charge is -2.43. The second-order valence-corrected chi connectivity index (χ2v) is 8.13. The molecule has 2 aromatic rings. The Labute approximate surface area is 176 Å². The molecule has 6 heteroatoms. The highest BCUT2D eigenvalue weighted by molar-refractivity contribution is 6.01. The Balaban J connectivity index is 1.49. The van der Waals surface area contributed by atoms with Crippen LogP contribution < -0.4 is 0 Å². The minimum absolute atomic E-state index is 0.0979. The highest BCUT2D eigenvalue weighted by Crippen LogP contribution is 2.43. The molecule has 0 aromatic heterocycles. The van der Waals surface area contributed by atoms with Crippen molar-refractivity contribution in [3.05, 3.63) is 71.8 Å². The fourth-order valence-electron chi connectivity index (χ4n) is 4.64. The van der Waals surface area contributed by atoms with Crippen LogP contribution in [0.5, 0.6) is 0 Å². The third-order valence-electron chi connectivity index (χ3n) is 6.49. The Morgan fingerprint density at radius 1 is 0.867 bits per heavy atom. The molecule has 0 bridgehead atoms. The van der Waals surface area contributed by atoms with Gasteiger partial charge in [0.15, 0.2) is 0 Å². The van der Waals surface area contributed by atoms with Gasteiger partial charge >= 0.3 is 6.09 Å². The summed E-state index contributed by atoms with van der Waals surface area (Å²) in [6.07, 6.45) is 1.17. The first kappa shape index (κ1) is 20.1. The van der Waals surface area contributed by atoms with E-state index in [1.54, 1.807) is 4.90 Å². The minimum Gasteiger partial charge on any atom is -0.311 e. The number of hydrogen-bond acceptors (Lipinski definition) is 4. The van der Waals surface area contributed by atoms with E-state index in [9.17, 15) is 14.4 Å². The highest BCUT2D eigenvalue weighted by Gasteiger charge is 2.41. The van der Waals surface area contributed by atoms with E-state index in [2.05, 4.69) is 55.5 Å². The molecule has 30 heavy (non-hydrogen) atoms. The minimum atomic E-state index is -0.627. The SMILES string of the molecule is CC(c1ccccc1)(c1ccccc1)C1CCN(C(=O)ON2C(=O)CCC2=O)CC1. The lowest BCUT2D eigenvalue weighted by molar-refractivity contribution is -0.174. The molecular formula is C24H26N2O4. The first-order valence-electron chi connectivity index (χ1n) is 10.4. The van der Waals surface area contributed by atoms with Gasteiger partial charge in [0.1, 0.15) is 0 Å². The third kappa shape index (κ3) is 3.70. The van der Waals surface area contributed by atoms with Gasteiger partial charge in [0.25, 0.3) is 11.8 Å². The van der Waals surface area contributed by atoms with Crippen molar-refractivity contribution in [2.24, 2.45) is 5.92 Å². The number of piperidine rings is 1. The molecule has 0 spiro atoms. The molecule has 3 amide bonds. The number of rotatable bonds is 4. The molecule has 0 aliphatic carbocycles. The molecule has 2 aliphatic rings. The van der Waals surface area contributed by atoms with Crippen LogP contribution in [0.25, 0.3) is 0 Å². The zero-order valence-electron chi connectivity index (χ0n) is 17.1. The molecule has 0 N–H and O–H groups in total. The van der Waals surface area contributed by atoms with Gasteiger partial charge in [0.05, 0.1) is 0 Å². The van der Waals surface area contributed by atoms with E-state index in [1.807, 2.05) is 12.1 Å². The fourth-order valence-corrected chi connectivity index (χ4v) is 4.64. The number of carbonyl (C=O) groups is 3. The van der Waals surface area contributed by atoms with Crippen LogP contribution in [0.1, 0.15) is 43.7 Å². The van der Waals surface area contributed by atoms with Gasteiger partial charge < -0.3 is 9.74 Å². The normalized spacial score (nSPS) is 18.0. The Kier molecular flexibility index (Phi) is 5.57. The summed E-state index contributed by atoms with van der Waals surface area (Å²) >= 11 is 0. The maximum absolute atomic E-state index is 12.5. The molecular weight excluding hydrogens is 380 g/mol. The zero-order chi connectivity index (χ0) is 21.1. The molecule has 2 heterocycles. The second kappa shape index (κ2) is 8.30. The molecule has 6 nitrogen and oxygen atoms in total. The molecule has 4 rings (SSSR count). The number of carbonyl (C=O) groups excluding carboxylic acids is 3. The van der Waals surface area contributed by atoms with Crippen molar-refractivity contribution < 1.29 is 19.2 Å². The van der Waals surface area contributed by atoms with Gasteiger partial charge in [-0.3, -0.25) is 9.59 Å². The summed E-state index contributed by atoms with van der Waals surface area (Å²) in [5.74, 6) is -0.575. The lowest BCUT2D eigenvalue weighted by atomic mass is 9.64. The zero-order valence-corrected chi connectivity index (χ0v) is 17.1. The molecule has 2 aliphatic heterocycles. The monoisotopic (exact) mass is 406 g/mol. The van der Waals surface area contributed by atoms with E-state index in [0.29, 0.717) is 24.1 Å². The van der Waals surface area contributed by atoms with Crippen LogP contribution in [-0.2, 0) is 19.8 Å². The molecule has 0 atom stereocenters. The van der Waals surface area contributed by atoms with Crippen LogP contribution in [0.3, 0.4) is 0 Å². The smallest absolute Gasteiger partial charge is 0.311 e. The second-order valence-electron chi connectivity index (χ2n) is 8.13. The Hall–Kier alpha value is -3.15. The van der Waals surface area contributed by atoms with Crippen LogP contribution in [-0.4, -0.2) is 41.0 Å². The average Bonchev–Trinajstić information content (AvgIpc) is 3.12. The summed E-state index contributed by atoms with van der Waals surface area (Å²) in [7, 11) is 0. The summed E-state index contributed by atoms with van der Waals surface area (Å²) in [6.45, 7) is 3.32. The lowest BCUT2D eigenvalue weighted by Crippen LogP contribution is -2.46. The number of imide groups is 1. The quantitative estimate of drug-likeness (QED) is 0.722. The highest BCUT2D eigenvalue weighted by atomic mass is 16.7. The maximum Gasteiger partial charge on any atom is 0.434 e. The van der Waals surface area contributed by atoms with Gasteiger partial charge in [-0.05, 0) is 29.9 Å². The average molecular weight is 406 g/mol. The molecule has 0 saturated carbocycles. The third-order valence-corrected chi connectivity index (χ3v) is 6.49. The summed E-state index contributed by atoms with van der Waals surface area (Å²) in [5.41, 5.74) is 2.33. The molecule has 2 fully saturated rings. The summed E-state index contributed by atoms with van der Waals surface area (Å²) in [6, 6.07) is 21.0. The number of amides is 3. The Morgan fingerprint density at radius 2 is 1.33 bits per heavy atom. The van der Waals surface area contributed by atoms with E-state index in [0.717, 1.165) is 12.8 Å². The Bertz CT molecular complexity index is 865. The van der Waals surface area contributed by atoms with Gasteiger partial charge in [-0.25, -0.2) is 4.79 Å². The van der Waals surface area contributed by atoms with Crippen molar-refractivity contribution >= 4 is 17.9 Å². The first-order chi connectivity index (χ1) is 14.5. The Morgan fingerprint density at radius 3 is 1.80 bits per heavy atom. The fraction of sp³-hybridized carbons (Fsp3) is 0.375. The van der Waals surface area contributed by atoms with Gasteiger partial charge in [-0.2, -0.15) is 0 Å². The first-order valence-corrected chi connectivity index (χ1v) is 10.4. The molecule has 156 valence electrons. The topological polar surface area (TPSA) is 66.9 Å². The van der Waals surface area contributed by atoms with Crippen LogP contribution in [0, 0.1) is 5.92 Å². The number of nitrogens with zero attached hydrogens (tertiary/aromatic N) is 2. The maximum atomic E-state index is 12.5. The van der Waals surface area contributed by atoms with Crippen LogP contribution in [0.2, 0.25) is 0 Å². The van der Waals surface area contributed by atoms with Gasteiger partial charge in [-0.1, -0.05) is 67.6 Å². The number of benzene rings is 2. The van der Waals surface area contributed by atoms with E-state index in [4.69, 9.17) is 4.84 Å². The van der Waals surface area contributed by atoms with E-state index >= 15 is 0 Å². The van der Waals surface area contributed by atoms with Crippen molar-refractivity contribution in [1.29, 1.82) is 0 Å². The molecule has 0 radical (unpaired) electrons. The molecule has 0 unspecified atom stereocenters. The number of likely N-dealkylation sites (tertiary alicyclic amines) is 1. The number of hydrogen-bond donors (Lipinski definition) is 0. The van der Waals surface area contributed by atoms with Crippen molar-refractivity contribution in [2.75, 3.05) is 13.1 Å². The predicted molar refractivity (Wildman–Crippen MR) is 111 cm³/mol. The van der Waals surface area contributed by atoms with Crippen LogP contribution in [0.4, 0.5) is 4.79 Å². The van der Waals surface area contributed by atoms with Crippen LogP contribution in [0.15, 0.2) is 60.7 Å². The van der Waals surface area contributed by atoms with Gasteiger partial charge in [-0.15, -0.1) is 5.06 Å². The summed E-state index contributed by atoms with van der Waals surface area (Å²) in [5, 5.41) is 0.618. The number of hydroxylamine groups is 2. The van der Waals surface area contributed by atoms with Crippen LogP contribution >= 0.6 is 0 Å². The molecule has 2 saturated heterocycles. The summed E-state index contributed by atoms with van der Waals surface area (Å²) < 4.78 is 0. The van der Waals surface area contributed by atoms with Gasteiger partial charge in [0, 0.05) is 31.3 Å². The summed E-state index contributed by atoms with van der Waals surface area (Å²) in [4.78, 5) is 42.6. The predicted octanol–water partition coefficient (Wildman–Crippen LogP) is 3.91. The standard InChI is InChI=1S/C24H26N2O4/c1-24(18-8-4-2-5-9-18,19-10-6-3-7-11-19)20-14-16-25(17-15-20)23(29)30-26-21(27)12-13-22(26)28/h2-11,20H,12-17H2,1H3. The van der Waals surface area contributed by atoms with Crippen molar-refractivity contribution in [3.8, 4) is 0 Å². The largest absolute Gasteiger partial charge is 0.434 e. The van der Waals surface area contributed by atoms with E-state index < -0.39 is 17.9 Å². The van der Waals surface area contributed by atoms with Crippen molar-refractivity contribution in [2.45, 2.75) is 38.0 Å². The van der Waals surface area contributed by atoms with Gasteiger partial charge in [0.2, 0.25) is 0 Å². The van der Waals surface area contributed by atoms with E-state index in [1.165, 1.54) is 11.1 Å². The van der Waals surface area contributed by atoms with Crippen molar-refractivity contribution in [3.63, 3.8) is 0 Å². The van der Waals surface area contributed by atoms with Crippen molar-refractivity contribution in [1.82, 2.24) is 9.96 Å². The molecule has 2 aromatic carbocycles. The van der Waals surface area contributed by atoms with E-state index in [-0.39, 0.29) is 18.3 Å².